The van der Waals surface area contributed by atoms with Gasteiger partial charge >= 0.3 is 0 Å². The maximum absolute atomic E-state index is 14.2. The molecule has 0 fully saturated rings. The van der Waals surface area contributed by atoms with Gasteiger partial charge in [0, 0.05) is 10.6 Å². The van der Waals surface area contributed by atoms with Gasteiger partial charge in [0.1, 0.15) is 11.4 Å². The normalized spacial score (nSPS) is 17.4. The van der Waals surface area contributed by atoms with Crippen molar-refractivity contribution in [2.45, 2.75) is 31.9 Å². The second-order valence-corrected chi connectivity index (χ2v) is 7.75. The lowest BCUT2D eigenvalue weighted by Gasteiger charge is -2.19. The van der Waals surface area contributed by atoms with Crippen molar-refractivity contribution in [3.05, 3.63) is 81.4 Å². The predicted molar refractivity (Wildman–Crippen MR) is 121 cm³/mol. The number of aliphatic hydroxyl groups excluding tert-OH is 2. The summed E-state index contributed by atoms with van der Waals surface area (Å²) < 4.78 is 15.2. The zero-order chi connectivity index (χ0) is 23.3. The van der Waals surface area contributed by atoms with Crippen LogP contribution in [0.4, 0.5) is 4.39 Å². The van der Waals surface area contributed by atoms with Crippen LogP contribution >= 0.6 is 11.6 Å². The highest BCUT2D eigenvalue weighted by Gasteiger charge is 2.22. The number of benzene rings is 1. The van der Waals surface area contributed by atoms with Crippen LogP contribution in [0, 0.1) is 0 Å². The first-order chi connectivity index (χ1) is 15.3. The van der Waals surface area contributed by atoms with Crippen LogP contribution in [0.15, 0.2) is 65.3 Å². The number of rotatable bonds is 6. The zero-order valence-corrected chi connectivity index (χ0v) is 18.1. The lowest BCUT2D eigenvalue weighted by atomic mass is 10.1. The van der Waals surface area contributed by atoms with Crippen LogP contribution in [0.2, 0.25) is 5.02 Å². The number of nitrogens with zero attached hydrogens (tertiary/aromatic N) is 2. The minimum Gasteiger partial charge on any atom is -0.394 e. The molecule has 0 saturated carbocycles. The molecule has 2 unspecified atom stereocenters. The molecule has 3 rings (SSSR count). The van der Waals surface area contributed by atoms with E-state index < -0.39 is 36.0 Å². The van der Waals surface area contributed by atoms with Crippen LogP contribution in [0.1, 0.15) is 30.1 Å². The molecule has 168 valence electrons. The number of aliphatic hydroxyl groups is 2. The Morgan fingerprint density at radius 3 is 2.72 bits per heavy atom. The molecule has 1 aliphatic rings. The number of hydrogen-bond acceptors (Lipinski definition) is 5. The molecule has 0 spiro atoms. The highest BCUT2D eigenvalue weighted by atomic mass is 35.5. The van der Waals surface area contributed by atoms with Gasteiger partial charge in [0.15, 0.2) is 0 Å². The minimum atomic E-state index is -1.20. The average Bonchev–Trinajstić information content (AvgIpc) is 2.76. The average molecular weight is 460 g/mol. The Morgan fingerprint density at radius 2 is 2.03 bits per heavy atom. The van der Waals surface area contributed by atoms with Crippen molar-refractivity contribution in [3.63, 3.8) is 0 Å². The fourth-order valence-corrected chi connectivity index (χ4v) is 3.16. The summed E-state index contributed by atoms with van der Waals surface area (Å²) in [5.74, 6) is -1.27. The molecule has 0 aliphatic heterocycles. The molecular formula is C23H23ClFN3O4. The third-order valence-corrected chi connectivity index (χ3v) is 5.16. The molecular weight excluding hydrogens is 437 g/mol. The van der Waals surface area contributed by atoms with Crippen LogP contribution < -0.4 is 10.9 Å². The van der Waals surface area contributed by atoms with Gasteiger partial charge in [-0.25, -0.2) is 4.39 Å². The Kier molecular flexibility index (Phi) is 7.74. The first kappa shape index (κ1) is 23.6. The molecule has 1 aromatic heterocycles. The van der Waals surface area contributed by atoms with Crippen LogP contribution in [-0.4, -0.2) is 44.7 Å². The summed E-state index contributed by atoms with van der Waals surface area (Å²) in [5.41, 5.74) is 0.0456. The molecule has 7 nitrogen and oxygen atoms in total. The lowest BCUT2D eigenvalue weighted by molar-refractivity contribution is 0.0610. The van der Waals surface area contributed by atoms with Gasteiger partial charge < -0.3 is 15.5 Å². The fourth-order valence-electron chi connectivity index (χ4n) is 3.03. The maximum Gasteiger partial charge on any atom is 0.284 e. The molecule has 1 amide bonds. The molecule has 0 saturated heterocycles. The van der Waals surface area contributed by atoms with Crippen molar-refractivity contribution in [3.8, 4) is 11.3 Å². The van der Waals surface area contributed by atoms with Crippen molar-refractivity contribution in [2.24, 2.45) is 0 Å². The quantitative estimate of drug-likeness (QED) is 0.615. The Labute approximate surface area is 189 Å². The van der Waals surface area contributed by atoms with E-state index in [9.17, 15) is 19.1 Å². The maximum atomic E-state index is 14.2. The molecule has 0 radical (unpaired) electrons. The number of carbonyl (C=O) groups is 1. The highest BCUT2D eigenvalue weighted by molar-refractivity contribution is 6.30. The molecule has 0 bridgehead atoms. The SMILES string of the molecule is CC(NC(=O)c1cc(-c2ccc(Cl)cc2)nn(C2=C/C(F)=C\CCC=C2)c1=O)C(O)CO. The van der Waals surface area contributed by atoms with E-state index in [1.54, 1.807) is 36.4 Å². The fraction of sp³-hybridized carbons (Fsp3) is 0.261. The number of carbonyl (C=O) groups excluding carboxylic acids is 1. The number of aromatic nitrogens is 2. The van der Waals surface area contributed by atoms with Gasteiger partial charge in [-0.3, -0.25) is 9.59 Å². The summed E-state index contributed by atoms with van der Waals surface area (Å²) in [6.07, 6.45) is 5.86. The molecule has 1 aliphatic carbocycles. The third-order valence-electron chi connectivity index (χ3n) is 4.91. The molecule has 1 aromatic carbocycles. The number of halogens is 2. The van der Waals surface area contributed by atoms with Crippen LogP contribution in [0.5, 0.6) is 0 Å². The first-order valence-electron chi connectivity index (χ1n) is 10.0. The van der Waals surface area contributed by atoms with E-state index in [1.807, 2.05) is 0 Å². The summed E-state index contributed by atoms with van der Waals surface area (Å²) in [4.78, 5) is 26.0. The number of allylic oxidation sites excluding steroid dienone is 6. The van der Waals surface area contributed by atoms with Gasteiger partial charge in [0.05, 0.1) is 30.1 Å². The minimum absolute atomic E-state index is 0.164. The van der Waals surface area contributed by atoms with E-state index in [-0.39, 0.29) is 11.3 Å². The molecule has 1 heterocycles. The highest BCUT2D eigenvalue weighted by Crippen LogP contribution is 2.21. The number of amides is 1. The van der Waals surface area contributed by atoms with Gasteiger partial charge in [-0.15, -0.1) is 0 Å². The smallest absolute Gasteiger partial charge is 0.284 e. The molecule has 32 heavy (non-hydrogen) atoms. The van der Waals surface area contributed by atoms with Crippen LogP contribution in [-0.2, 0) is 0 Å². The van der Waals surface area contributed by atoms with Crippen LogP contribution in [0.3, 0.4) is 0 Å². The molecule has 9 heteroatoms. The number of hydrogen-bond donors (Lipinski definition) is 3. The largest absolute Gasteiger partial charge is 0.394 e. The van der Waals surface area contributed by atoms with Crippen molar-refractivity contribution >= 4 is 23.2 Å². The van der Waals surface area contributed by atoms with E-state index in [4.69, 9.17) is 16.7 Å². The van der Waals surface area contributed by atoms with Crippen LogP contribution in [0.25, 0.3) is 17.0 Å². The molecule has 3 N–H and O–H groups in total. The summed E-state index contributed by atoms with van der Waals surface area (Å²) in [7, 11) is 0. The predicted octanol–water partition coefficient (Wildman–Crippen LogP) is 3.08. The summed E-state index contributed by atoms with van der Waals surface area (Å²) in [5, 5.41) is 26.2. The van der Waals surface area contributed by atoms with Gasteiger partial charge in [-0.05, 0) is 56.2 Å². The summed E-state index contributed by atoms with van der Waals surface area (Å²) in [6, 6.07) is 7.17. The number of nitrogens with one attached hydrogen (secondary N) is 1. The van der Waals surface area contributed by atoms with E-state index >= 15 is 0 Å². The van der Waals surface area contributed by atoms with Gasteiger partial charge in [-0.2, -0.15) is 9.78 Å². The lowest BCUT2D eigenvalue weighted by Crippen LogP contribution is -2.44. The Morgan fingerprint density at radius 1 is 1.31 bits per heavy atom. The summed E-state index contributed by atoms with van der Waals surface area (Å²) in [6.45, 7) is 0.945. The van der Waals surface area contributed by atoms with E-state index in [0.29, 0.717) is 29.1 Å². The molecule has 2 atom stereocenters. The Hall–Kier alpha value is -3.07. The van der Waals surface area contributed by atoms with E-state index in [1.165, 1.54) is 25.1 Å². The first-order valence-corrected chi connectivity index (χ1v) is 10.4. The standard InChI is InChI=1S/C23H23ClFN3O4/c1-14(21(30)13-29)26-22(31)19-12-20(15-7-9-16(24)10-8-15)27-28(23(19)32)18-6-4-2-3-5-17(25)11-18/h4-12,14,21,29-30H,2-3,13H2,1H3,(H,26,31)/b6-4?,17-5+,18-11?. The third kappa shape index (κ3) is 5.59. The zero-order valence-electron chi connectivity index (χ0n) is 17.3. The monoisotopic (exact) mass is 459 g/mol. The topological polar surface area (TPSA) is 104 Å². The van der Waals surface area contributed by atoms with Gasteiger partial charge in [0.25, 0.3) is 11.5 Å². The van der Waals surface area contributed by atoms with Gasteiger partial charge in [-0.1, -0.05) is 29.8 Å². The van der Waals surface area contributed by atoms with Crippen molar-refractivity contribution in [2.75, 3.05) is 6.61 Å². The Balaban J connectivity index is 2.16. The van der Waals surface area contributed by atoms with E-state index in [2.05, 4.69) is 10.4 Å². The van der Waals surface area contributed by atoms with Gasteiger partial charge in [0.2, 0.25) is 0 Å². The van der Waals surface area contributed by atoms with Crippen molar-refractivity contribution < 1.29 is 19.4 Å². The molecule has 2 aromatic rings. The second-order valence-electron chi connectivity index (χ2n) is 7.32. The second kappa shape index (κ2) is 10.5. The summed E-state index contributed by atoms with van der Waals surface area (Å²) >= 11 is 5.96. The van der Waals surface area contributed by atoms with Crippen molar-refractivity contribution in [1.29, 1.82) is 0 Å². The van der Waals surface area contributed by atoms with E-state index in [0.717, 1.165) is 4.68 Å². The van der Waals surface area contributed by atoms with Crippen molar-refractivity contribution in [1.82, 2.24) is 15.1 Å². The Bertz CT molecular complexity index is 1140.